The monoisotopic (exact) mass is 270 g/mol. The highest BCUT2D eigenvalue weighted by molar-refractivity contribution is 5.36. The van der Waals surface area contributed by atoms with Crippen LogP contribution in [0.4, 0.5) is 0 Å². The molecule has 1 aromatic heterocycles. The van der Waals surface area contributed by atoms with E-state index >= 15 is 0 Å². The number of ether oxygens (including phenoxy) is 1. The fourth-order valence-electron chi connectivity index (χ4n) is 2.28. The average Bonchev–Trinajstić information content (AvgIpc) is 2.43. The van der Waals surface area contributed by atoms with Crippen molar-refractivity contribution in [2.75, 3.05) is 7.05 Å². The van der Waals surface area contributed by atoms with E-state index in [1.54, 1.807) is 0 Å². The molecule has 1 atom stereocenters. The van der Waals surface area contributed by atoms with Gasteiger partial charge in [-0.2, -0.15) is 0 Å². The zero-order valence-corrected chi connectivity index (χ0v) is 12.6. The molecule has 0 aliphatic carbocycles. The third-order valence-electron chi connectivity index (χ3n) is 3.35. The van der Waals surface area contributed by atoms with Crippen LogP contribution in [0.15, 0.2) is 36.4 Å². The van der Waals surface area contributed by atoms with Crippen LogP contribution in [0, 0.1) is 13.8 Å². The molecule has 1 aromatic carbocycles. The molecule has 3 heteroatoms. The Hall–Kier alpha value is -1.87. The van der Waals surface area contributed by atoms with Gasteiger partial charge in [0, 0.05) is 17.8 Å². The van der Waals surface area contributed by atoms with Crippen LogP contribution in [0.2, 0.25) is 0 Å². The third kappa shape index (κ3) is 3.36. The molecule has 0 spiro atoms. The molecule has 1 unspecified atom stereocenters. The highest BCUT2D eigenvalue weighted by atomic mass is 16.5. The smallest absolute Gasteiger partial charge is 0.218 e. The van der Waals surface area contributed by atoms with Crippen LogP contribution in [0.1, 0.15) is 35.4 Å². The Morgan fingerprint density at radius 3 is 2.55 bits per heavy atom. The number of hydrogen-bond donors (Lipinski definition) is 1. The lowest BCUT2D eigenvalue weighted by molar-refractivity contribution is 0.214. The third-order valence-corrected chi connectivity index (χ3v) is 3.35. The number of benzene rings is 1. The first kappa shape index (κ1) is 14.5. The fraction of sp³-hybridized carbons (Fsp3) is 0.353. The zero-order valence-electron chi connectivity index (χ0n) is 12.6. The molecular formula is C17H22N2O. The first-order valence-corrected chi connectivity index (χ1v) is 6.95. The summed E-state index contributed by atoms with van der Waals surface area (Å²) in [6.45, 7) is 6.91. The zero-order chi connectivity index (χ0) is 14.5. The molecule has 0 saturated heterocycles. The SMILES string of the molecule is CNCc1c(C)cc(C)nc1OC(C)c1ccccc1. The number of aromatic nitrogens is 1. The van der Waals surface area contributed by atoms with Crippen LogP contribution in [-0.4, -0.2) is 12.0 Å². The van der Waals surface area contributed by atoms with Crippen LogP contribution in [0.5, 0.6) is 5.88 Å². The Bertz CT molecular complexity index is 567. The van der Waals surface area contributed by atoms with E-state index in [4.69, 9.17) is 4.74 Å². The fourth-order valence-corrected chi connectivity index (χ4v) is 2.28. The lowest BCUT2D eigenvalue weighted by Gasteiger charge is -2.18. The summed E-state index contributed by atoms with van der Waals surface area (Å²) in [5.74, 6) is 0.730. The van der Waals surface area contributed by atoms with Crippen molar-refractivity contribution in [3.63, 3.8) is 0 Å². The molecule has 0 aliphatic rings. The maximum absolute atomic E-state index is 6.09. The number of pyridine rings is 1. The van der Waals surface area contributed by atoms with Crippen molar-refractivity contribution in [2.24, 2.45) is 0 Å². The van der Waals surface area contributed by atoms with E-state index in [-0.39, 0.29) is 6.10 Å². The standard InChI is InChI=1S/C17H22N2O/c1-12-10-13(2)19-17(16(12)11-18-4)20-14(3)15-8-6-5-7-9-15/h5-10,14,18H,11H2,1-4H3. The number of nitrogens with one attached hydrogen (secondary N) is 1. The maximum Gasteiger partial charge on any atom is 0.218 e. The summed E-state index contributed by atoms with van der Waals surface area (Å²) in [7, 11) is 1.93. The van der Waals surface area contributed by atoms with E-state index in [1.165, 1.54) is 5.56 Å². The molecule has 2 rings (SSSR count). The molecule has 106 valence electrons. The highest BCUT2D eigenvalue weighted by Crippen LogP contribution is 2.26. The molecule has 1 N–H and O–H groups in total. The van der Waals surface area contributed by atoms with E-state index < -0.39 is 0 Å². The second-order valence-corrected chi connectivity index (χ2v) is 5.07. The van der Waals surface area contributed by atoms with Gasteiger partial charge in [-0.1, -0.05) is 30.3 Å². The predicted molar refractivity (Wildman–Crippen MR) is 82.0 cm³/mol. The van der Waals surface area contributed by atoms with Crippen molar-refractivity contribution in [3.05, 3.63) is 58.8 Å². The second-order valence-electron chi connectivity index (χ2n) is 5.07. The van der Waals surface area contributed by atoms with E-state index in [0.29, 0.717) is 0 Å². The lowest BCUT2D eigenvalue weighted by Crippen LogP contribution is -2.13. The van der Waals surface area contributed by atoms with Gasteiger partial charge in [-0.05, 0) is 45.0 Å². The van der Waals surface area contributed by atoms with Gasteiger partial charge in [-0.3, -0.25) is 0 Å². The molecule has 0 radical (unpaired) electrons. The molecule has 2 aromatic rings. The number of rotatable bonds is 5. The Balaban J connectivity index is 2.28. The normalized spacial score (nSPS) is 12.2. The summed E-state index contributed by atoms with van der Waals surface area (Å²) in [4.78, 5) is 4.56. The summed E-state index contributed by atoms with van der Waals surface area (Å²) in [5.41, 5.74) is 4.48. The Kier molecular flexibility index (Phi) is 4.74. The predicted octanol–water partition coefficient (Wildman–Crippen LogP) is 3.56. The van der Waals surface area contributed by atoms with Gasteiger partial charge < -0.3 is 10.1 Å². The van der Waals surface area contributed by atoms with Crippen molar-refractivity contribution in [1.29, 1.82) is 0 Å². The summed E-state index contributed by atoms with van der Waals surface area (Å²) < 4.78 is 6.09. The van der Waals surface area contributed by atoms with Crippen molar-refractivity contribution in [1.82, 2.24) is 10.3 Å². The molecule has 1 heterocycles. The largest absolute Gasteiger partial charge is 0.470 e. The van der Waals surface area contributed by atoms with E-state index in [0.717, 1.165) is 29.2 Å². The van der Waals surface area contributed by atoms with Gasteiger partial charge in [0.15, 0.2) is 0 Å². The van der Waals surface area contributed by atoms with Gasteiger partial charge in [0.1, 0.15) is 6.10 Å². The number of hydrogen-bond acceptors (Lipinski definition) is 3. The molecule has 0 fully saturated rings. The minimum atomic E-state index is -0.0134. The van der Waals surface area contributed by atoms with Gasteiger partial charge >= 0.3 is 0 Å². The summed E-state index contributed by atoms with van der Waals surface area (Å²) in [5, 5.41) is 3.18. The van der Waals surface area contributed by atoms with Crippen molar-refractivity contribution < 1.29 is 4.74 Å². The average molecular weight is 270 g/mol. The minimum Gasteiger partial charge on any atom is -0.470 e. The molecule has 0 aliphatic heterocycles. The number of aryl methyl sites for hydroxylation is 2. The van der Waals surface area contributed by atoms with E-state index in [2.05, 4.69) is 42.3 Å². The topological polar surface area (TPSA) is 34.2 Å². The first-order chi connectivity index (χ1) is 9.61. The summed E-state index contributed by atoms with van der Waals surface area (Å²) in [6.07, 6.45) is -0.0134. The lowest BCUT2D eigenvalue weighted by atomic mass is 10.1. The van der Waals surface area contributed by atoms with Crippen LogP contribution >= 0.6 is 0 Å². The Morgan fingerprint density at radius 1 is 1.20 bits per heavy atom. The maximum atomic E-state index is 6.09. The van der Waals surface area contributed by atoms with Gasteiger partial charge in [0.25, 0.3) is 0 Å². The quantitative estimate of drug-likeness (QED) is 0.902. The van der Waals surface area contributed by atoms with Crippen LogP contribution in [-0.2, 0) is 6.54 Å². The second kappa shape index (κ2) is 6.53. The van der Waals surface area contributed by atoms with Crippen LogP contribution in [0.3, 0.4) is 0 Å². The van der Waals surface area contributed by atoms with Gasteiger partial charge in [-0.15, -0.1) is 0 Å². The van der Waals surface area contributed by atoms with Crippen LogP contribution < -0.4 is 10.1 Å². The molecule has 3 nitrogen and oxygen atoms in total. The molecule has 0 saturated carbocycles. The molecule has 0 bridgehead atoms. The van der Waals surface area contributed by atoms with E-state index in [1.807, 2.05) is 32.2 Å². The van der Waals surface area contributed by atoms with Gasteiger partial charge in [0.2, 0.25) is 5.88 Å². The van der Waals surface area contributed by atoms with Gasteiger partial charge in [0.05, 0.1) is 0 Å². The van der Waals surface area contributed by atoms with E-state index in [9.17, 15) is 0 Å². The Labute approximate surface area is 121 Å². The Morgan fingerprint density at radius 2 is 1.90 bits per heavy atom. The highest BCUT2D eigenvalue weighted by Gasteiger charge is 2.14. The summed E-state index contributed by atoms with van der Waals surface area (Å²) >= 11 is 0. The first-order valence-electron chi connectivity index (χ1n) is 6.95. The van der Waals surface area contributed by atoms with Gasteiger partial charge in [-0.25, -0.2) is 4.98 Å². The van der Waals surface area contributed by atoms with Crippen molar-refractivity contribution >= 4 is 0 Å². The molecular weight excluding hydrogens is 248 g/mol. The minimum absolute atomic E-state index is 0.0134. The summed E-state index contributed by atoms with van der Waals surface area (Å²) in [6, 6.07) is 12.3. The molecule has 20 heavy (non-hydrogen) atoms. The van der Waals surface area contributed by atoms with Crippen molar-refractivity contribution in [3.8, 4) is 5.88 Å². The number of nitrogens with zero attached hydrogens (tertiary/aromatic N) is 1. The van der Waals surface area contributed by atoms with Crippen molar-refractivity contribution in [2.45, 2.75) is 33.4 Å². The van der Waals surface area contributed by atoms with Crippen LogP contribution in [0.25, 0.3) is 0 Å². The molecule has 0 amide bonds.